The van der Waals surface area contributed by atoms with E-state index in [1.165, 1.54) is 22.3 Å². The Morgan fingerprint density at radius 1 is 0.553 bits per heavy atom. The molecule has 0 spiro atoms. The van der Waals surface area contributed by atoms with Crippen LogP contribution in [-0.2, 0) is 24.4 Å². The fraction of sp³-hybridized carbons (Fsp3) is 0.415. The predicted octanol–water partition coefficient (Wildman–Crippen LogP) is 7.70. The quantitative estimate of drug-likeness (QED) is 0.0826. The van der Waals surface area contributed by atoms with Gasteiger partial charge in [0.1, 0.15) is 23.7 Å². The second-order valence-corrected chi connectivity index (χ2v) is 13.0. The first-order valence-corrected chi connectivity index (χ1v) is 17.2. The molecule has 2 heterocycles. The van der Waals surface area contributed by atoms with Gasteiger partial charge in [-0.25, -0.2) is 0 Å². The minimum Gasteiger partial charge on any atom is -0.494 e. The van der Waals surface area contributed by atoms with E-state index in [1.807, 2.05) is 0 Å². The van der Waals surface area contributed by atoms with Crippen LogP contribution < -0.4 is 9.47 Å². The molecule has 0 bridgehead atoms. The molecule has 4 atom stereocenters. The van der Waals surface area contributed by atoms with Gasteiger partial charge in [0.15, 0.2) is 0 Å². The Morgan fingerprint density at radius 3 is 1.49 bits per heavy atom. The number of rotatable bonds is 18. The highest BCUT2D eigenvalue weighted by Crippen LogP contribution is 2.60. The van der Waals surface area contributed by atoms with Gasteiger partial charge in [-0.1, -0.05) is 84.9 Å². The van der Waals surface area contributed by atoms with Crippen LogP contribution in [0.5, 0.6) is 11.5 Å². The zero-order chi connectivity index (χ0) is 31.7. The Bertz CT molecular complexity index is 1430. The maximum Gasteiger partial charge on any atom is 0.119 e. The molecule has 0 aromatic heterocycles. The minimum atomic E-state index is -0.226. The SMILES string of the molecule is c1ccc(C2CC(c3ccccc3)C(c3ccc(OCCCOCC4CO4)cc3)(c3ccc(OCCCOCC4CO4)cc3)C2)cc1. The topological polar surface area (TPSA) is 62.0 Å². The highest BCUT2D eigenvalue weighted by atomic mass is 16.6. The average Bonchev–Trinajstić information content (AvgIpc) is 4.08. The van der Waals surface area contributed by atoms with Crippen LogP contribution in [-0.4, -0.2) is 65.1 Å². The van der Waals surface area contributed by atoms with E-state index in [4.69, 9.17) is 28.4 Å². The molecule has 4 aromatic carbocycles. The van der Waals surface area contributed by atoms with E-state index < -0.39 is 0 Å². The normalized spacial score (nSPS) is 24.6. The molecule has 0 amide bonds. The monoisotopic (exact) mass is 634 g/mol. The summed E-state index contributed by atoms with van der Waals surface area (Å²) in [7, 11) is 0. The fourth-order valence-electron chi connectivity index (χ4n) is 7.15. The van der Waals surface area contributed by atoms with Crippen molar-refractivity contribution in [2.75, 3.05) is 52.9 Å². The third-order valence-electron chi connectivity index (χ3n) is 9.71. The van der Waals surface area contributed by atoms with Gasteiger partial charge in [0.2, 0.25) is 0 Å². The van der Waals surface area contributed by atoms with Crippen molar-refractivity contribution in [2.24, 2.45) is 0 Å². The second-order valence-electron chi connectivity index (χ2n) is 13.0. The van der Waals surface area contributed by atoms with E-state index in [1.54, 1.807) is 0 Å². The maximum atomic E-state index is 6.14. The standard InChI is InChI=1S/C41H46O6/c1-3-9-31(10-4-1)33-25-40(32-11-5-2-6-12-32)41(26-33,34-13-17-36(18-14-34)44-23-7-21-42-27-38-29-46-38)35-15-19-37(20-16-35)45-24-8-22-43-28-39-30-47-39/h1-6,9-20,33,38-40H,7-8,21-30H2. The lowest BCUT2D eigenvalue weighted by atomic mass is 9.65. The summed E-state index contributed by atoms with van der Waals surface area (Å²) >= 11 is 0. The lowest BCUT2D eigenvalue weighted by Gasteiger charge is -2.38. The molecular weight excluding hydrogens is 588 g/mol. The van der Waals surface area contributed by atoms with E-state index in [9.17, 15) is 0 Å². The van der Waals surface area contributed by atoms with Crippen molar-refractivity contribution in [3.63, 3.8) is 0 Å². The molecule has 2 saturated heterocycles. The lowest BCUT2D eigenvalue weighted by molar-refractivity contribution is 0.104. The van der Waals surface area contributed by atoms with Crippen LogP contribution in [0.25, 0.3) is 0 Å². The molecule has 1 aliphatic carbocycles. The van der Waals surface area contributed by atoms with E-state index >= 15 is 0 Å². The third kappa shape index (κ3) is 8.25. The van der Waals surface area contributed by atoms with Gasteiger partial charge < -0.3 is 28.4 Å². The van der Waals surface area contributed by atoms with Crippen molar-refractivity contribution in [2.45, 2.75) is 55.1 Å². The third-order valence-corrected chi connectivity index (χ3v) is 9.71. The summed E-state index contributed by atoms with van der Waals surface area (Å²) < 4.78 is 34.1. The molecule has 6 heteroatoms. The van der Waals surface area contributed by atoms with Crippen molar-refractivity contribution in [1.29, 1.82) is 0 Å². The van der Waals surface area contributed by atoms with Crippen molar-refractivity contribution < 1.29 is 28.4 Å². The maximum absolute atomic E-state index is 6.14. The molecular formula is C41H46O6. The lowest BCUT2D eigenvalue weighted by Crippen LogP contribution is -2.31. The van der Waals surface area contributed by atoms with Gasteiger partial charge in [-0.2, -0.15) is 0 Å². The molecule has 2 aliphatic heterocycles. The molecule has 1 saturated carbocycles. The summed E-state index contributed by atoms with van der Waals surface area (Å²) in [6, 6.07) is 39.8. The van der Waals surface area contributed by atoms with Crippen molar-refractivity contribution in [1.82, 2.24) is 0 Å². The van der Waals surface area contributed by atoms with Crippen LogP contribution in [0.15, 0.2) is 109 Å². The van der Waals surface area contributed by atoms with E-state index in [2.05, 4.69) is 109 Å². The van der Waals surface area contributed by atoms with Crippen molar-refractivity contribution >= 4 is 0 Å². The Balaban J connectivity index is 1.12. The number of ether oxygens (including phenoxy) is 6. The zero-order valence-electron chi connectivity index (χ0n) is 27.1. The molecule has 3 fully saturated rings. The Labute approximate surface area is 278 Å². The Kier molecular flexibility index (Phi) is 10.5. The van der Waals surface area contributed by atoms with Gasteiger partial charge in [0.05, 0.1) is 39.6 Å². The second kappa shape index (κ2) is 15.5. The molecule has 3 aliphatic rings. The summed E-state index contributed by atoms with van der Waals surface area (Å²) in [6.45, 7) is 5.64. The summed E-state index contributed by atoms with van der Waals surface area (Å²) in [6.07, 6.45) is 4.39. The molecule has 47 heavy (non-hydrogen) atoms. The predicted molar refractivity (Wildman–Crippen MR) is 183 cm³/mol. The van der Waals surface area contributed by atoms with E-state index in [-0.39, 0.29) is 5.41 Å². The van der Waals surface area contributed by atoms with Gasteiger partial charge in [-0.15, -0.1) is 0 Å². The number of hydrogen-bond donors (Lipinski definition) is 0. The molecule has 4 unspecified atom stereocenters. The highest BCUT2D eigenvalue weighted by molar-refractivity contribution is 5.50. The van der Waals surface area contributed by atoms with E-state index in [0.717, 1.165) is 50.4 Å². The molecule has 246 valence electrons. The minimum absolute atomic E-state index is 0.226. The van der Waals surface area contributed by atoms with Gasteiger partial charge in [0.25, 0.3) is 0 Å². The van der Waals surface area contributed by atoms with Crippen molar-refractivity contribution in [3.05, 3.63) is 131 Å². The van der Waals surface area contributed by atoms with Gasteiger partial charge in [-0.05, 0) is 71.2 Å². The zero-order valence-corrected chi connectivity index (χ0v) is 27.1. The largest absolute Gasteiger partial charge is 0.494 e. The first-order chi connectivity index (χ1) is 23.3. The Morgan fingerprint density at radius 2 is 1.02 bits per heavy atom. The summed E-state index contributed by atoms with van der Waals surface area (Å²) in [5.41, 5.74) is 5.18. The van der Waals surface area contributed by atoms with Crippen LogP contribution >= 0.6 is 0 Å². The molecule has 4 aromatic rings. The highest BCUT2D eigenvalue weighted by Gasteiger charge is 2.50. The van der Waals surface area contributed by atoms with Gasteiger partial charge in [0, 0.05) is 31.5 Å². The van der Waals surface area contributed by atoms with Crippen molar-refractivity contribution in [3.8, 4) is 11.5 Å². The average molecular weight is 635 g/mol. The summed E-state index contributed by atoms with van der Waals surface area (Å²) in [5, 5.41) is 0. The van der Waals surface area contributed by atoms with E-state index in [0.29, 0.717) is 63.7 Å². The molecule has 6 nitrogen and oxygen atoms in total. The number of epoxide rings is 2. The Hall–Kier alpha value is -3.68. The molecule has 0 N–H and O–H groups in total. The van der Waals surface area contributed by atoms with Crippen LogP contribution in [0, 0.1) is 0 Å². The van der Waals surface area contributed by atoms with Crippen LogP contribution in [0.2, 0.25) is 0 Å². The van der Waals surface area contributed by atoms with Crippen LogP contribution in [0.4, 0.5) is 0 Å². The first kappa shape index (κ1) is 31.9. The molecule has 7 rings (SSSR count). The molecule has 0 radical (unpaired) electrons. The summed E-state index contributed by atoms with van der Waals surface area (Å²) in [5.74, 6) is 2.50. The number of hydrogen-bond acceptors (Lipinski definition) is 6. The fourth-order valence-corrected chi connectivity index (χ4v) is 7.15. The number of benzene rings is 4. The van der Waals surface area contributed by atoms with Crippen LogP contribution in [0.3, 0.4) is 0 Å². The summed E-state index contributed by atoms with van der Waals surface area (Å²) in [4.78, 5) is 0. The first-order valence-electron chi connectivity index (χ1n) is 17.2. The van der Waals surface area contributed by atoms with Crippen LogP contribution in [0.1, 0.15) is 59.8 Å². The van der Waals surface area contributed by atoms with Gasteiger partial charge >= 0.3 is 0 Å². The smallest absolute Gasteiger partial charge is 0.119 e. The van der Waals surface area contributed by atoms with Gasteiger partial charge in [-0.3, -0.25) is 0 Å².